The predicted molar refractivity (Wildman–Crippen MR) is 187 cm³/mol. The van der Waals surface area contributed by atoms with Crippen molar-refractivity contribution in [2.75, 3.05) is 18.1 Å². The van der Waals surface area contributed by atoms with Gasteiger partial charge < -0.3 is 19.5 Å². The number of aliphatic hydroxyl groups is 1. The van der Waals surface area contributed by atoms with Crippen LogP contribution in [0, 0.1) is 16.0 Å². The molecule has 48 heavy (non-hydrogen) atoms. The van der Waals surface area contributed by atoms with Gasteiger partial charge in [0.2, 0.25) is 0 Å². The number of nitro benzene ring substituents is 1. The van der Waals surface area contributed by atoms with Crippen molar-refractivity contribution in [1.29, 1.82) is 0 Å². The van der Waals surface area contributed by atoms with Gasteiger partial charge in [-0.3, -0.25) is 19.6 Å². The fraction of sp³-hybridized carbons (Fsp3) is 0.472. The van der Waals surface area contributed by atoms with Crippen LogP contribution >= 0.6 is 0 Å². The van der Waals surface area contributed by atoms with Crippen molar-refractivity contribution in [3.63, 3.8) is 0 Å². The van der Waals surface area contributed by atoms with E-state index in [4.69, 9.17) is 4.74 Å². The molecular formula is C36H47N5O6Si. The van der Waals surface area contributed by atoms with Crippen LogP contribution in [-0.2, 0) is 21.7 Å². The number of benzene rings is 2. The van der Waals surface area contributed by atoms with Gasteiger partial charge >= 0.3 is 0 Å². The second-order valence-corrected chi connectivity index (χ2v) is 17.9. The van der Waals surface area contributed by atoms with Crippen molar-refractivity contribution in [3.8, 4) is 0 Å². The molecule has 5 atom stereocenters. The number of hydrogen-bond acceptors (Lipinski definition) is 8. The summed E-state index contributed by atoms with van der Waals surface area (Å²) in [5.41, 5.74) is 3.13. The SMILES string of the molecule is CC(C)=CCC/C(C)=C/CN1C(=O)[C@]2(O[C@H](CCn3cc(C(CO)c4ccccc4)nn3)[C@@H]([Si](C)(C)O)[C@@H]2C)c2cc([N+](=O)[O-])ccc21. The molecule has 1 saturated heterocycles. The highest BCUT2D eigenvalue weighted by atomic mass is 28.4. The largest absolute Gasteiger partial charge is 0.432 e. The minimum Gasteiger partial charge on any atom is -0.432 e. The number of aryl methyl sites for hydroxylation is 1. The fourth-order valence-electron chi connectivity index (χ4n) is 7.46. The van der Waals surface area contributed by atoms with Crippen molar-refractivity contribution in [2.45, 2.75) is 89.8 Å². The molecule has 1 aromatic heterocycles. The molecule has 12 heteroatoms. The summed E-state index contributed by atoms with van der Waals surface area (Å²) < 4.78 is 8.56. The maximum atomic E-state index is 14.6. The van der Waals surface area contributed by atoms with E-state index in [0.29, 0.717) is 36.5 Å². The third-order valence-electron chi connectivity index (χ3n) is 9.83. The average Bonchev–Trinajstić information content (AvgIpc) is 3.69. The quantitative estimate of drug-likeness (QED) is 0.0940. The number of nitro groups is 1. The van der Waals surface area contributed by atoms with Crippen LogP contribution in [0.15, 0.2) is 78.0 Å². The Morgan fingerprint density at radius 1 is 1.17 bits per heavy atom. The molecule has 2 aliphatic rings. The lowest BCUT2D eigenvalue weighted by atomic mass is 9.82. The highest BCUT2D eigenvalue weighted by Gasteiger charge is 2.66. The number of ether oxygens (including phenoxy) is 1. The van der Waals surface area contributed by atoms with E-state index in [1.165, 1.54) is 17.7 Å². The van der Waals surface area contributed by atoms with Crippen molar-refractivity contribution >= 4 is 25.6 Å². The van der Waals surface area contributed by atoms with E-state index in [0.717, 1.165) is 24.0 Å². The highest BCUT2D eigenvalue weighted by molar-refractivity contribution is 6.71. The number of rotatable bonds is 13. The van der Waals surface area contributed by atoms with Crippen LogP contribution in [0.5, 0.6) is 0 Å². The molecule has 1 amide bonds. The first kappa shape index (κ1) is 35.3. The number of nitrogens with zero attached hydrogens (tertiary/aromatic N) is 5. The topological polar surface area (TPSA) is 144 Å². The Hall–Kier alpha value is -3.97. The van der Waals surface area contributed by atoms with Crippen LogP contribution in [0.1, 0.15) is 69.7 Å². The summed E-state index contributed by atoms with van der Waals surface area (Å²) in [4.78, 5) is 39.4. The van der Waals surface area contributed by atoms with Gasteiger partial charge in [0.25, 0.3) is 11.6 Å². The van der Waals surface area contributed by atoms with Gasteiger partial charge in [0.1, 0.15) is 0 Å². The van der Waals surface area contributed by atoms with E-state index < -0.39 is 30.9 Å². The minimum atomic E-state index is -2.94. The van der Waals surface area contributed by atoms with Gasteiger partial charge in [0.05, 0.1) is 34.9 Å². The lowest BCUT2D eigenvalue weighted by Crippen LogP contribution is -2.46. The monoisotopic (exact) mass is 673 g/mol. The smallest absolute Gasteiger partial charge is 0.269 e. The second kappa shape index (κ2) is 14.3. The van der Waals surface area contributed by atoms with Crippen LogP contribution in [0.2, 0.25) is 18.6 Å². The van der Waals surface area contributed by atoms with Crippen LogP contribution in [0.4, 0.5) is 11.4 Å². The minimum absolute atomic E-state index is 0.112. The Morgan fingerprint density at radius 2 is 1.90 bits per heavy atom. The second-order valence-electron chi connectivity index (χ2n) is 13.9. The Morgan fingerprint density at radius 3 is 2.54 bits per heavy atom. The van der Waals surface area contributed by atoms with Gasteiger partial charge in [-0.15, -0.1) is 5.10 Å². The van der Waals surface area contributed by atoms with E-state index in [9.17, 15) is 24.8 Å². The molecule has 0 saturated carbocycles. The summed E-state index contributed by atoms with van der Waals surface area (Å²) in [6.07, 6.45) is 7.73. The van der Waals surface area contributed by atoms with Gasteiger partial charge in [-0.2, -0.15) is 0 Å². The Balaban J connectivity index is 1.44. The summed E-state index contributed by atoms with van der Waals surface area (Å²) in [6, 6.07) is 14.2. The summed E-state index contributed by atoms with van der Waals surface area (Å²) in [5.74, 6) is -1.03. The van der Waals surface area contributed by atoms with E-state index in [-0.39, 0.29) is 29.7 Å². The van der Waals surface area contributed by atoms with Crippen molar-refractivity contribution in [1.82, 2.24) is 15.0 Å². The third-order valence-corrected chi connectivity index (χ3v) is 12.3. The number of aliphatic hydroxyl groups excluding tert-OH is 1. The molecule has 2 N–H and O–H groups in total. The lowest BCUT2D eigenvalue weighted by Gasteiger charge is -2.32. The molecule has 3 aromatic rings. The van der Waals surface area contributed by atoms with Gasteiger partial charge in [0.15, 0.2) is 13.9 Å². The summed E-state index contributed by atoms with van der Waals surface area (Å²) in [5, 5.41) is 30.7. The third kappa shape index (κ3) is 6.93. The first-order valence-corrected chi connectivity index (χ1v) is 19.7. The molecule has 1 spiro atoms. The van der Waals surface area contributed by atoms with Crippen molar-refractivity contribution in [3.05, 3.63) is 105 Å². The normalized spacial score (nSPS) is 23.1. The van der Waals surface area contributed by atoms with Gasteiger partial charge in [-0.25, -0.2) is 0 Å². The van der Waals surface area contributed by atoms with Crippen LogP contribution in [0.25, 0.3) is 0 Å². The molecule has 3 heterocycles. The first-order chi connectivity index (χ1) is 22.8. The number of aromatic nitrogens is 3. The number of hydrogen-bond donors (Lipinski definition) is 2. The van der Waals surface area contributed by atoms with Gasteiger partial charge in [0, 0.05) is 48.4 Å². The molecule has 2 aliphatic heterocycles. The molecule has 11 nitrogen and oxygen atoms in total. The van der Waals surface area contributed by atoms with E-state index in [2.05, 4.69) is 30.2 Å². The average molecular weight is 674 g/mol. The molecule has 0 aliphatic carbocycles. The summed E-state index contributed by atoms with van der Waals surface area (Å²) >= 11 is 0. The maximum Gasteiger partial charge on any atom is 0.269 e. The highest BCUT2D eigenvalue weighted by Crippen LogP contribution is 2.60. The first-order valence-electron chi connectivity index (χ1n) is 16.6. The molecule has 0 radical (unpaired) electrons. The number of allylic oxidation sites excluding steroid dienone is 3. The maximum absolute atomic E-state index is 14.6. The molecule has 1 unspecified atom stereocenters. The number of carbonyl (C=O) groups is 1. The number of carbonyl (C=O) groups excluding carboxylic acids is 1. The van der Waals surface area contributed by atoms with E-state index >= 15 is 0 Å². The number of anilines is 1. The molecule has 2 aromatic carbocycles. The molecule has 0 bridgehead atoms. The predicted octanol–water partition coefficient (Wildman–Crippen LogP) is 6.24. The lowest BCUT2D eigenvalue weighted by molar-refractivity contribution is -0.385. The molecule has 256 valence electrons. The summed E-state index contributed by atoms with van der Waals surface area (Å²) in [7, 11) is -2.94. The zero-order valence-electron chi connectivity index (χ0n) is 28.7. The Labute approximate surface area is 283 Å². The van der Waals surface area contributed by atoms with Crippen LogP contribution in [-0.4, -0.2) is 63.3 Å². The van der Waals surface area contributed by atoms with Gasteiger partial charge in [-0.05, 0) is 64.8 Å². The zero-order chi connectivity index (χ0) is 34.8. The fourth-order valence-corrected chi connectivity index (χ4v) is 10.1. The molecule has 1 fully saturated rings. The van der Waals surface area contributed by atoms with E-state index in [1.807, 2.05) is 69.5 Å². The Bertz CT molecular complexity index is 1700. The van der Waals surface area contributed by atoms with Crippen LogP contribution in [0.3, 0.4) is 0 Å². The number of amides is 1. The van der Waals surface area contributed by atoms with Gasteiger partial charge in [-0.1, -0.05) is 65.8 Å². The molecule has 5 rings (SSSR count). The number of non-ortho nitro benzene ring substituents is 1. The number of fused-ring (bicyclic) bond motifs is 2. The zero-order valence-corrected chi connectivity index (χ0v) is 29.7. The summed E-state index contributed by atoms with van der Waals surface area (Å²) in [6.45, 7) is 12.4. The van der Waals surface area contributed by atoms with Crippen molar-refractivity contribution < 1.29 is 24.4 Å². The molecular weight excluding hydrogens is 627 g/mol. The standard InChI is InChI=1S/C36H47N5O6Si/c1-24(2)11-10-12-25(3)17-20-40-32-16-15-28(41(44)45)21-30(32)36(35(40)43)26(4)34(48(5,6)46)33(47-36)18-19-39-22-31(37-38-39)29(23-42)27-13-8-7-9-14-27/h7-9,11,13-17,21-22,26,29,33-34,42,46H,10,12,18-20,23H2,1-6H3/b25-17+/t26-,29?,33+,34-,36+/m0/s1. The van der Waals surface area contributed by atoms with E-state index in [1.54, 1.807) is 15.6 Å². The van der Waals surface area contributed by atoms with Crippen molar-refractivity contribution in [2.24, 2.45) is 5.92 Å². The van der Waals surface area contributed by atoms with Crippen LogP contribution < -0.4 is 4.90 Å². The Kier molecular flexibility index (Phi) is 10.5.